The average molecular weight is 520 g/mol. The molecule has 1 saturated heterocycles. The average Bonchev–Trinajstić information content (AvgIpc) is 3.17. The normalized spacial score (nSPS) is 21.6. The van der Waals surface area contributed by atoms with Crippen LogP contribution in [0.25, 0.3) is 0 Å². The van der Waals surface area contributed by atoms with Crippen LogP contribution in [-0.4, -0.2) is 33.4 Å². The molecule has 1 saturated carbocycles. The number of benzene rings is 2. The SMILES string of the molecule is O=C(NCc1ccc(F)cc1F)c1cn2c(c(OCc3ccccc3)c1=O)C(=O)N1CC3CCCC1(C3)C2. The monoisotopic (exact) mass is 519 g/mol. The van der Waals surface area contributed by atoms with Gasteiger partial charge in [0.05, 0.1) is 5.54 Å². The number of aromatic nitrogens is 1. The first-order valence-corrected chi connectivity index (χ1v) is 12.8. The zero-order valence-electron chi connectivity index (χ0n) is 20.7. The molecule has 2 bridgehead atoms. The van der Waals surface area contributed by atoms with Gasteiger partial charge in [-0.1, -0.05) is 42.8 Å². The molecule has 1 aliphatic carbocycles. The van der Waals surface area contributed by atoms with Gasteiger partial charge in [-0.3, -0.25) is 14.4 Å². The molecule has 38 heavy (non-hydrogen) atoms. The van der Waals surface area contributed by atoms with E-state index in [1.54, 1.807) is 4.57 Å². The first-order chi connectivity index (χ1) is 18.3. The highest BCUT2D eigenvalue weighted by Crippen LogP contribution is 2.48. The highest BCUT2D eigenvalue weighted by atomic mass is 19.1. The summed E-state index contributed by atoms with van der Waals surface area (Å²) >= 11 is 0. The van der Waals surface area contributed by atoms with Gasteiger partial charge in [-0.15, -0.1) is 0 Å². The molecule has 2 aromatic carbocycles. The highest BCUT2D eigenvalue weighted by molar-refractivity contribution is 5.99. The second-order valence-corrected chi connectivity index (χ2v) is 10.5. The molecule has 6 rings (SSSR count). The summed E-state index contributed by atoms with van der Waals surface area (Å²) < 4.78 is 35.0. The van der Waals surface area contributed by atoms with Crippen molar-refractivity contribution in [2.75, 3.05) is 6.54 Å². The van der Waals surface area contributed by atoms with Gasteiger partial charge in [0.25, 0.3) is 11.8 Å². The minimum absolute atomic E-state index is 0.0516. The lowest BCUT2D eigenvalue weighted by Crippen LogP contribution is -2.55. The molecular weight excluding hydrogens is 492 g/mol. The Labute approximate surface area is 218 Å². The number of fused-ring (bicyclic) bond motifs is 2. The molecule has 1 aromatic heterocycles. The summed E-state index contributed by atoms with van der Waals surface area (Å²) in [6, 6.07) is 12.3. The number of hydrogen-bond donors (Lipinski definition) is 1. The quantitative estimate of drug-likeness (QED) is 0.533. The molecule has 7 nitrogen and oxygen atoms in total. The smallest absolute Gasteiger partial charge is 0.275 e. The molecular formula is C29H27F2N3O4. The Morgan fingerprint density at radius 1 is 1.13 bits per heavy atom. The minimum Gasteiger partial charge on any atom is -0.483 e. The van der Waals surface area contributed by atoms with E-state index in [1.165, 1.54) is 12.3 Å². The topological polar surface area (TPSA) is 80.6 Å². The van der Waals surface area contributed by atoms with Gasteiger partial charge < -0.3 is 19.5 Å². The maximum atomic E-state index is 14.1. The van der Waals surface area contributed by atoms with Gasteiger partial charge >= 0.3 is 0 Å². The van der Waals surface area contributed by atoms with Crippen molar-refractivity contribution in [3.8, 4) is 5.75 Å². The van der Waals surface area contributed by atoms with Crippen molar-refractivity contribution in [3.05, 3.63) is 99.0 Å². The molecule has 2 fully saturated rings. The van der Waals surface area contributed by atoms with E-state index in [1.807, 2.05) is 35.2 Å². The minimum atomic E-state index is -0.794. The Balaban J connectivity index is 1.37. The summed E-state index contributed by atoms with van der Waals surface area (Å²) in [6.07, 6.45) is 5.29. The van der Waals surface area contributed by atoms with Gasteiger partial charge in [0.1, 0.15) is 23.8 Å². The van der Waals surface area contributed by atoms with Gasteiger partial charge in [-0.2, -0.15) is 0 Å². The molecule has 2 amide bonds. The van der Waals surface area contributed by atoms with Crippen molar-refractivity contribution in [3.63, 3.8) is 0 Å². The second kappa shape index (κ2) is 9.38. The number of rotatable bonds is 6. The van der Waals surface area contributed by atoms with Crippen LogP contribution >= 0.6 is 0 Å². The predicted molar refractivity (Wildman–Crippen MR) is 135 cm³/mol. The zero-order chi connectivity index (χ0) is 26.4. The summed E-state index contributed by atoms with van der Waals surface area (Å²) in [5, 5.41) is 2.56. The molecule has 9 heteroatoms. The Hall–Kier alpha value is -4.01. The maximum Gasteiger partial charge on any atom is 0.275 e. The summed E-state index contributed by atoms with van der Waals surface area (Å²) in [6.45, 7) is 0.955. The molecule has 2 aliphatic heterocycles. The molecule has 2 unspecified atom stereocenters. The Morgan fingerprint density at radius 2 is 1.95 bits per heavy atom. The summed E-state index contributed by atoms with van der Waals surface area (Å²) in [4.78, 5) is 42.5. The molecule has 3 aromatic rings. The van der Waals surface area contributed by atoms with Crippen LogP contribution in [0, 0.1) is 17.6 Å². The van der Waals surface area contributed by atoms with Crippen LogP contribution in [-0.2, 0) is 19.7 Å². The molecule has 3 heterocycles. The van der Waals surface area contributed by atoms with E-state index in [0.29, 0.717) is 19.0 Å². The van der Waals surface area contributed by atoms with E-state index in [9.17, 15) is 23.2 Å². The lowest BCUT2D eigenvalue weighted by Gasteiger charge is -2.44. The van der Waals surface area contributed by atoms with Gasteiger partial charge in [0.2, 0.25) is 5.43 Å². The lowest BCUT2D eigenvalue weighted by molar-refractivity contribution is 0.0416. The predicted octanol–water partition coefficient (Wildman–Crippen LogP) is 4.03. The van der Waals surface area contributed by atoms with Crippen LogP contribution in [0.2, 0.25) is 0 Å². The number of nitrogens with one attached hydrogen (secondary N) is 1. The third-order valence-corrected chi connectivity index (χ3v) is 8.01. The Bertz CT molecular complexity index is 1490. The molecule has 2 atom stereocenters. The van der Waals surface area contributed by atoms with E-state index < -0.39 is 23.0 Å². The number of carbonyl (C=O) groups is 2. The molecule has 1 spiro atoms. The highest BCUT2D eigenvalue weighted by Gasteiger charge is 2.54. The van der Waals surface area contributed by atoms with Crippen molar-refractivity contribution in [2.24, 2.45) is 5.92 Å². The van der Waals surface area contributed by atoms with Crippen LogP contribution in [0.5, 0.6) is 5.75 Å². The van der Waals surface area contributed by atoms with E-state index in [0.717, 1.165) is 43.4 Å². The van der Waals surface area contributed by atoms with Gasteiger partial charge in [0, 0.05) is 37.5 Å². The first-order valence-electron chi connectivity index (χ1n) is 12.8. The van der Waals surface area contributed by atoms with Crippen molar-refractivity contribution >= 4 is 11.8 Å². The van der Waals surface area contributed by atoms with Gasteiger partial charge in [-0.05, 0) is 36.8 Å². The number of amides is 2. The maximum absolute atomic E-state index is 14.1. The van der Waals surface area contributed by atoms with E-state index in [4.69, 9.17) is 4.74 Å². The van der Waals surface area contributed by atoms with Crippen LogP contribution < -0.4 is 15.5 Å². The number of nitrogens with zero attached hydrogens (tertiary/aromatic N) is 2. The van der Waals surface area contributed by atoms with Crippen molar-refractivity contribution < 1.29 is 23.1 Å². The van der Waals surface area contributed by atoms with Crippen LogP contribution in [0.15, 0.2) is 59.5 Å². The lowest BCUT2D eigenvalue weighted by atomic mass is 9.79. The summed E-state index contributed by atoms with van der Waals surface area (Å²) in [5.41, 5.74) is -0.168. The Morgan fingerprint density at radius 3 is 2.74 bits per heavy atom. The fourth-order valence-electron chi connectivity index (χ4n) is 6.23. The third kappa shape index (κ3) is 4.15. The number of pyridine rings is 1. The number of ether oxygens (including phenoxy) is 1. The van der Waals surface area contributed by atoms with Crippen LogP contribution in [0.3, 0.4) is 0 Å². The molecule has 3 aliphatic rings. The van der Waals surface area contributed by atoms with Crippen LogP contribution in [0.4, 0.5) is 8.78 Å². The number of halogens is 2. The van der Waals surface area contributed by atoms with E-state index in [-0.39, 0.29) is 47.2 Å². The van der Waals surface area contributed by atoms with Gasteiger partial charge in [-0.25, -0.2) is 8.78 Å². The fourth-order valence-corrected chi connectivity index (χ4v) is 6.23. The third-order valence-electron chi connectivity index (χ3n) is 8.01. The Kier molecular flexibility index (Phi) is 6.01. The van der Waals surface area contributed by atoms with Gasteiger partial charge in [0.15, 0.2) is 11.4 Å². The van der Waals surface area contributed by atoms with Crippen molar-refractivity contribution in [1.82, 2.24) is 14.8 Å². The fraction of sp³-hybridized carbons (Fsp3) is 0.345. The summed E-state index contributed by atoms with van der Waals surface area (Å²) in [7, 11) is 0. The van der Waals surface area contributed by atoms with Crippen LogP contribution in [0.1, 0.15) is 57.7 Å². The zero-order valence-corrected chi connectivity index (χ0v) is 20.7. The number of hydrogen-bond acceptors (Lipinski definition) is 4. The molecule has 0 radical (unpaired) electrons. The second-order valence-electron chi connectivity index (χ2n) is 10.5. The van der Waals surface area contributed by atoms with E-state index >= 15 is 0 Å². The van der Waals surface area contributed by atoms with Crippen molar-refractivity contribution in [2.45, 2.75) is 50.9 Å². The largest absolute Gasteiger partial charge is 0.483 e. The van der Waals surface area contributed by atoms with E-state index in [2.05, 4.69) is 5.32 Å². The number of carbonyl (C=O) groups excluding carboxylic acids is 2. The molecule has 1 N–H and O–H groups in total. The molecule has 196 valence electrons. The van der Waals surface area contributed by atoms with Crippen molar-refractivity contribution in [1.29, 1.82) is 0 Å². The first kappa shape index (κ1) is 24.3. The standard InChI is InChI=1S/C29H27F2N3O4/c30-21-9-8-20(23(31)11-21)13-32-27(36)22-15-33-17-29-10-4-7-19(12-29)14-34(29)28(37)24(33)26(25(22)35)38-16-18-5-2-1-3-6-18/h1-3,5-6,8-9,11,15,19H,4,7,10,12-14,16-17H2,(H,32,36). The summed E-state index contributed by atoms with van der Waals surface area (Å²) in [5.74, 6) is -2.22.